The summed E-state index contributed by atoms with van der Waals surface area (Å²) < 4.78 is 4.23. The van der Waals surface area contributed by atoms with E-state index in [0.717, 1.165) is 11.4 Å². The van der Waals surface area contributed by atoms with Gasteiger partial charge in [-0.15, -0.1) is 0 Å². The smallest absolute Gasteiger partial charge is 0.0812 e. The predicted octanol–water partition coefficient (Wildman–Crippen LogP) is 6.93. The molecule has 2 heterocycles. The molecule has 0 saturated heterocycles. The lowest BCUT2D eigenvalue weighted by Gasteiger charge is -2.16. The van der Waals surface area contributed by atoms with Gasteiger partial charge in [-0.2, -0.15) is 10.2 Å². The Morgan fingerprint density at radius 1 is 0.536 bits per heavy atom. The van der Waals surface area contributed by atoms with E-state index >= 15 is 0 Å². The number of rotatable bonds is 7. The number of hydrogen-bond acceptors (Lipinski definition) is 2. The molecule has 0 unspecified atom stereocenters. The molecule has 0 spiro atoms. The molecule has 0 atom stereocenters. The van der Waals surface area contributed by atoms with Crippen LogP contribution in [0, 0.1) is 0 Å². The maximum atomic E-state index is 4.98. The van der Waals surface area contributed by atoms with Crippen molar-refractivity contribution in [3.8, 4) is 0 Å². The highest BCUT2D eigenvalue weighted by Crippen LogP contribution is 2.25. The van der Waals surface area contributed by atoms with Gasteiger partial charge in [0.1, 0.15) is 0 Å². The zero-order chi connectivity index (χ0) is 21.2. The Bertz CT molecular complexity index is 734. The van der Waals surface area contributed by atoms with Crippen LogP contribution in [0.4, 0.5) is 0 Å². The van der Waals surface area contributed by atoms with Crippen molar-refractivity contribution < 1.29 is 0 Å². The molecule has 4 nitrogen and oxygen atoms in total. The second-order valence-corrected chi connectivity index (χ2v) is 8.98. The first-order valence-electron chi connectivity index (χ1n) is 10.6. The van der Waals surface area contributed by atoms with Crippen LogP contribution in [0.15, 0.2) is 34.5 Å². The molecule has 0 fully saturated rings. The van der Waals surface area contributed by atoms with Crippen LogP contribution in [0.25, 0.3) is 0 Å². The van der Waals surface area contributed by atoms with E-state index in [1.807, 2.05) is 0 Å². The largest absolute Gasteiger partial charge is 0.241 e. The van der Waals surface area contributed by atoms with Gasteiger partial charge < -0.3 is 0 Å². The molecular formula is C24H38N4. The van der Waals surface area contributed by atoms with E-state index in [1.54, 1.807) is 0 Å². The third-order valence-electron chi connectivity index (χ3n) is 5.22. The van der Waals surface area contributed by atoms with E-state index in [4.69, 9.17) is 10.2 Å². The van der Waals surface area contributed by atoms with Crippen molar-refractivity contribution in [1.82, 2.24) is 9.35 Å². The number of hydrogen-bond donors (Lipinski definition) is 0. The van der Waals surface area contributed by atoms with E-state index in [0.29, 0.717) is 23.7 Å². The van der Waals surface area contributed by atoms with Crippen molar-refractivity contribution in [3.05, 3.63) is 47.0 Å². The first-order valence-corrected chi connectivity index (χ1v) is 10.6. The molecule has 2 aromatic heterocycles. The predicted molar refractivity (Wildman–Crippen MR) is 122 cm³/mol. The zero-order valence-electron chi connectivity index (χ0n) is 19.4. The van der Waals surface area contributed by atoms with Gasteiger partial charge in [-0.1, -0.05) is 55.4 Å². The fraction of sp³-hybridized carbons (Fsp3) is 0.583. The summed E-state index contributed by atoms with van der Waals surface area (Å²) in [5.74, 6) is 1.69. The molecule has 154 valence electrons. The average molecular weight is 383 g/mol. The Balaban J connectivity index is 2.53. The van der Waals surface area contributed by atoms with Gasteiger partial charge in [0, 0.05) is 22.8 Å². The molecule has 0 aliphatic carbocycles. The molecule has 0 aromatic carbocycles. The van der Waals surface area contributed by atoms with Gasteiger partial charge in [0.05, 0.1) is 11.4 Å². The number of aromatic nitrogens is 2. The highest BCUT2D eigenvalue weighted by atomic mass is 15.4. The lowest BCUT2D eigenvalue weighted by atomic mass is 10.1. The summed E-state index contributed by atoms with van der Waals surface area (Å²) in [6.07, 6.45) is 0. The molecule has 28 heavy (non-hydrogen) atoms. The second-order valence-electron chi connectivity index (χ2n) is 8.98. The average Bonchev–Trinajstić information content (AvgIpc) is 3.18. The molecule has 0 radical (unpaired) electrons. The van der Waals surface area contributed by atoms with Crippen LogP contribution in [-0.2, 0) is 0 Å². The SMILES string of the molecule is CC(=N\n1c(C(C)C)ccc1C(C)C)/C(C)=N/n1c(C(C)C)ccc1C(C)C. The van der Waals surface area contributed by atoms with E-state index in [9.17, 15) is 0 Å². The Morgan fingerprint density at radius 2 is 0.750 bits per heavy atom. The maximum absolute atomic E-state index is 4.98. The molecule has 0 saturated carbocycles. The van der Waals surface area contributed by atoms with Crippen molar-refractivity contribution in [2.45, 2.75) is 92.9 Å². The van der Waals surface area contributed by atoms with Crippen LogP contribution >= 0.6 is 0 Å². The van der Waals surface area contributed by atoms with Gasteiger partial charge in [0.15, 0.2) is 0 Å². The van der Waals surface area contributed by atoms with Gasteiger partial charge in [-0.25, -0.2) is 9.35 Å². The molecule has 0 N–H and O–H groups in total. The van der Waals surface area contributed by atoms with Gasteiger partial charge in [0.2, 0.25) is 0 Å². The normalized spacial score (nSPS) is 13.6. The van der Waals surface area contributed by atoms with Crippen molar-refractivity contribution in [3.63, 3.8) is 0 Å². The summed E-state index contributed by atoms with van der Waals surface area (Å²) >= 11 is 0. The number of nitrogens with zero attached hydrogens (tertiary/aromatic N) is 4. The molecule has 4 heteroatoms. The van der Waals surface area contributed by atoms with Crippen LogP contribution in [0.5, 0.6) is 0 Å². The summed E-state index contributed by atoms with van der Waals surface area (Å²) in [6.45, 7) is 21.8. The Hall–Kier alpha value is -2.10. The summed E-state index contributed by atoms with van der Waals surface area (Å²) in [7, 11) is 0. The monoisotopic (exact) mass is 382 g/mol. The Morgan fingerprint density at radius 3 is 0.929 bits per heavy atom. The molecule has 2 rings (SSSR count). The highest BCUT2D eigenvalue weighted by Gasteiger charge is 2.16. The molecule has 2 aromatic rings. The maximum Gasteiger partial charge on any atom is 0.0812 e. The van der Waals surface area contributed by atoms with Crippen LogP contribution in [0.2, 0.25) is 0 Å². The fourth-order valence-corrected chi connectivity index (χ4v) is 3.35. The highest BCUT2D eigenvalue weighted by molar-refractivity contribution is 6.40. The minimum atomic E-state index is 0.422. The van der Waals surface area contributed by atoms with Crippen molar-refractivity contribution >= 4 is 11.4 Å². The minimum Gasteiger partial charge on any atom is -0.241 e. The van der Waals surface area contributed by atoms with Crippen molar-refractivity contribution in [2.24, 2.45) is 10.2 Å². The lowest BCUT2D eigenvalue weighted by Crippen LogP contribution is -2.15. The quantitative estimate of drug-likeness (QED) is 0.465. The third kappa shape index (κ3) is 4.65. The zero-order valence-corrected chi connectivity index (χ0v) is 19.4. The molecule has 0 amide bonds. The van der Waals surface area contributed by atoms with E-state index < -0.39 is 0 Å². The fourth-order valence-electron chi connectivity index (χ4n) is 3.35. The lowest BCUT2D eigenvalue weighted by molar-refractivity contribution is 0.662. The third-order valence-corrected chi connectivity index (χ3v) is 5.22. The summed E-state index contributed by atoms with van der Waals surface area (Å²) in [6, 6.07) is 8.79. The first-order chi connectivity index (χ1) is 13.0. The Kier molecular flexibility index (Phi) is 7.08. The van der Waals surface area contributed by atoms with Gasteiger partial charge in [-0.3, -0.25) is 0 Å². The van der Waals surface area contributed by atoms with Crippen LogP contribution in [0.1, 0.15) is 116 Å². The van der Waals surface area contributed by atoms with Crippen LogP contribution < -0.4 is 0 Å². The van der Waals surface area contributed by atoms with E-state index in [-0.39, 0.29) is 0 Å². The second kappa shape index (κ2) is 8.93. The summed E-state index contributed by atoms with van der Waals surface area (Å²) in [4.78, 5) is 0. The Labute approximate surface area is 171 Å². The summed E-state index contributed by atoms with van der Waals surface area (Å²) in [5, 5.41) is 9.96. The molecule has 0 aliphatic rings. The molecule has 0 aliphatic heterocycles. The van der Waals surface area contributed by atoms with E-state index in [2.05, 4.69) is 103 Å². The topological polar surface area (TPSA) is 34.6 Å². The standard InChI is InChI=1S/C24H38N4/c1-15(2)21-11-12-22(16(3)4)27(21)25-19(9)20(10)26-28-23(17(5)6)13-14-24(28)18(7)8/h11-18H,1-10H3/b25-19+,26-20+. The van der Waals surface area contributed by atoms with Gasteiger partial charge in [-0.05, 0) is 61.8 Å². The van der Waals surface area contributed by atoms with Gasteiger partial charge in [0.25, 0.3) is 0 Å². The van der Waals surface area contributed by atoms with Crippen LogP contribution in [0.3, 0.4) is 0 Å². The molecule has 0 bridgehead atoms. The van der Waals surface area contributed by atoms with Crippen molar-refractivity contribution in [2.75, 3.05) is 0 Å². The van der Waals surface area contributed by atoms with Gasteiger partial charge >= 0.3 is 0 Å². The van der Waals surface area contributed by atoms with E-state index in [1.165, 1.54) is 22.8 Å². The molecular weight excluding hydrogens is 344 g/mol. The summed E-state index contributed by atoms with van der Waals surface area (Å²) in [5.41, 5.74) is 6.84. The minimum absolute atomic E-state index is 0.422. The first kappa shape index (κ1) is 22.2. The van der Waals surface area contributed by atoms with Crippen LogP contribution in [-0.4, -0.2) is 20.8 Å². The van der Waals surface area contributed by atoms with Crippen molar-refractivity contribution in [1.29, 1.82) is 0 Å².